The van der Waals surface area contributed by atoms with Crippen LogP contribution < -0.4 is 11.4 Å². The maximum absolute atomic E-state index is 12.1. The topological polar surface area (TPSA) is 69.2 Å². The van der Waals surface area contributed by atoms with Gasteiger partial charge in [-0.1, -0.05) is 53.3 Å². The van der Waals surface area contributed by atoms with Crippen molar-refractivity contribution in [3.8, 4) is 5.69 Å². The Balaban J connectivity index is 2.19. The molecule has 106 valence electrons. The van der Waals surface area contributed by atoms with Crippen molar-refractivity contribution < 1.29 is 5.21 Å². The normalized spacial score (nSPS) is 10.7. The van der Waals surface area contributed by atoms with Gasteiger partial charge in [-0.15, -0.1) is 0 Å². The van der Waals surface area contributed by atoms with Crippen LogP contribution in [-0.2, 0) is 6.54 Å². The van der Waals surface area contributed by atoms with Gasteiger partial charge >= 0.3 is 11.4 Å². The fourth-order valence-electron chi connectivity index (χ4n) is 2.18. The van der Waals surface area contributed by atoms with Crippen molar-refractivity contribution in [3.63, 3.8) is 0 Å². The number of hydrogen-bond donors (Lipinski definition) is 1. The monoisotopic (exact) mass is 283 g/mol. The zero-order valence-corrected chi connectivity index (χ0v) is 11.1. The summed E-state index contributed by atoms with van der Waals surface area (Å²) < 4.78 is 2.48. The number of para-hydroxylation sites is 1. The molecule has 0 spiro atoms. The molecule has 6 heteroatoms. The molecule has 0 fully saturated rings. The first-order chi connectivity index (χ1) is 10.2. The van der Waals surface area contributed by atoms with E-state index in [1.807, 2.05) is 36.4 Å². The van der Waals surface area contributed by atoms with E-state index in [0.29, 0.717) is 5.69 Å². The van der Waals surface area contributed by atoms with E-state index in [1.165, 1.54) is 4.68 Å². The predicted octanol–water partition coefficient (Wildman–Crippen LogP) is 1.09. The van der Waals surface area contributed by atoms with Gasteiger partial charge in [0.05, 0.1) is 12.2 Å². The molecule has 0 atom stereocenters. The molecule has 0 bridgehead atoms. The lowest BCUT2D eigenvalue weighted by atomic mass is 10.2. The van der Waals surface area contributed by atoms with E-state index in [4.69, 9.17) is 0 Å². The van der Waals surface area contributed by atoms with Crippen LogP contribution in [0.1, 0.15) is 5.56 Å². The zero-order valence-electron chi connectivity index (χ0n) is 11.1. The Labute approximate surface area is 119 Å². The average Bonchev–Trinajstić information content (AvgIpc) is 2.74. The van der Waals surface area contributed by atoms with E-state index in [9.17, 15) is 14.8 Å². The molecule has 0 aliphatic carbocycles. The van der Waals surface area contributed by atoms with Gasteiger partial charge in [0, 0.05) is 0 Å². The third kappa shape index (κ3) is 2.27. The summed E-state index contributed by atoms with van der Waals surface area (Å²) in [5.74, 6) is 0. The fourth-order valence-corrected chi connectivity index (χ4v) is 2.18. The van der Waals surface area contributed by atoms with Crippen LogP contribution in [0.25, 0.3) is 5.69 Å². The Morgan fingerprint density at radius 2 is 1.38 bits per heavy atom. The van der Waals surface area contributed by atoms with Gasteiger partial charge in [0.25, 0.3) is 0 Å². The molecule has 1 heterocycles. The van der Waals surface area contributed by atoms with Crippen molar-refractivity contribution in [3.05, 3.63) is 87.2 Å². The smallest absolute Gasteiger partial charge is 0.385 e. The third-order valence-corrected chi connectivity index (χ3v) is 3.18. The Morgan fingerprint density at radius 3 is 2.00 bits per heavy atom. The molecule has 0 saturated heterocycles. The quantitative estimate of drug-likeness (QED) is 0.731. The van der Waals surface area contributed by atoms with Gasteiger partial charge in [0.15, 0.2) is 0 Å². The number of nitrogens with zero attached hydrogens (tertiary/aromatic N) is 3. The first-order valence-corrected chi connectivity index (χ1v) is 6.42. The van der Waals surface area contributed by atoms with E-state index in [1.54, 1.807) is 24.3 Å². The third-order valence-electron chi connectivity index (χ3n) is 3.18. The molecule has 2 aromatic carbocycles. The van der Waals surface area contributed by atoms with Crippen LogP contribution in [-0.4, -0.2) is 19.3 Å². The molecule has 0 aliphatic heterocycles. The molecule has 0 unspecified atom stereocenters. The number of hydrogen-bond acceptors (Lipinski definition) is 3. The Bertz CT molecular complexity index is 861. The minimum atomic E-state index is -0.790. The van der Waals surface area contributed by atoms with Crippen molar-refractivity contribution in [2.24, 2.45) is 0 Å². The van der Waals surface area contributed by atoms with Gasteiger partial charge in [0.2, 0.25) is 0 Å². The van der Waals surface area contributed by atoms with Gasteiger partial charge in [0.1, 0.15) is 0 Å². The van der Waals surface area contributed by atoms with E-state index in [0.717, 1.165) is 10.2 Å². The first-order valence-electron chi connectivity index (χ1n) is 6.42. The van der Waals surface area contributed by atoms with Gasteiger partial charge in [-0.25, -0.2) is 14.3 Å². The zero-order chi connectivity index (χ0) is 14.8. The summed E-state index contributed by atoms with van der Waals surface area (Å²) in [6.45, 7) is 0.192. The molecule has 0 aliphatic rings. The highest BCUT2D eigenvalue weighted by Gasteiger charge is 2.16. The van der Waals surface area contributed by atoms with Crippen molar-refractivity contribution >= 4 is 0 Å². The van der Waals surface area contributed by atoms with Gasteiger partial charge in [-0.05, 0) is 17.7 Å². The van der Waals surface area contributed by atoms with Crippen molar-refractivity contribution in [2.75, 3.05) is 0 Å². The van der Waals surface area contributed by atoms with E-state index < -0.39 is 11.4 Å². The SMILES string of the molecule is O=c1n(O)c(=O)n(-c2ccccc2)n1Cc1ccccc1. The van der Waals surface area contributed by atoms with Crippen LogP contribution in [0.3, 0.4) is 0 Å². The lowest BCUT2D eigenvalue weighted by Gasteiger charge is -2.09. The highest BCUT2D eigenvalue weighted by molar-refractivity contribution is 5.29. The summed E-state index contributed by atoms with van der Waals surface area (Å²) in [4.78, 5) is 24.1. The number of aromatic nitrogens is 3. The van der Waals surface area contributed by atoms with Gasteiger partial charge in [-0.3, -0.25) is 0 Å². The Hall–Kier alpha value is -3.02. The summed E-state index contributed by atoms with van der Waals surface area (Å²) in [6.07, 6.45) is 0. The van der Waals surface area contributed by atoms with Crippen LogP contribution in [0, 0.1) is 0 Å². The first kappa shape index (κ1) is 13.0. The molecule has 0 saturated carbocycles. The Kier molecular flexibility index (Phi) is 3.19. The van der Waals surface area contributed by atoms with Crippen LogP contribution >= 0.6 is 0 Å². The van der Waals surface area contributed by atoms with E-state index in [2.05, 4.69) is 0 Å². The van der Waals surface area contributed by atoms with Crippen LogP contribution in [0.5, 0.6) is 0 Å². The molecule has 3 aromatic rings. The second kappa shape index (κ2) is 5.16. The lowest BCUT2D eigenvalue weighted by molar-refractivity contribution is 0.163. The molecule has 6 nitrogen and oxygen atoms in total. The van der Waals surface area contributed by atoms with Crippen LogP contribution in [0.2, 0.25) is 0 Å². The number of rotatable bonds is 3. The van der Waals surface area contributed by atoms with Crippen LogP contribution in [0.15, 0.2) is 70.3 Å². The van der Waals surface area contributed by atoms with Gasteiger partial charge in [-0.2, -0.15) is 4.68 Å². The predicted molar refractivity (Wildman–Crippen MR) is 77.0 cm³/mol. The van der Waals surface area contributed by atoms with E-state index >= 15 is 0 Å². The highest BCUT2D eigenvalue weighted by atomic mass is 16.5. The van der Waals surface area contributed by atoms with E-state index in [-0.39, 0.29) is 11.3 Å². The van der Waals surface area contributed by atoms with Crippen molar-refractivity contribution in [2.45, 2.75) is 6.54 Å². The summed E-state index contributed by atoms with van der Waals surface area (Å²) >= 11 is 0. The average molecular weight is 283 g/mol. The minimum absolute atomic E-state index is 0.121. The lowest BCUT2D eigenvalue weighted by Crippen LogP contribution is -2.27. The molecular weight excluding hydrogens is 270 g/mol. The molecule has 1 N–H and O–H groups in total. The summed E-state index contributed by atoms with van der Waals surface area (Å²) in [6, 6.07) is 18.0. The van der Waals surface area contributed by atoms with Gasteiger partial charge < -0.3 is 5.21 Å². The molecule has 1 aromatic heterocycles. The Morgan fingerprint density at radius 1 is 0.810 bits per heavy atom. The number of benzene rings is 2. The molecule has 3 rings (SSSR count). The standard InChI is InChI=1S/C15H13N3O3/c19-14-16(11-12-7-3-1-4-8-12)17(15(20)18(14)21)13-9-5-2-6-10-13/h1-10,21H,11H2. The minimum Gasteiger partial charge on any atom is -0.420 e. The maximum Gasteiger partial charge on any atom is 0.385 e. The molecular formula is C15H13N3O3. The highest BCUT2D eigenvalue weighted by Crippen LogP contribution is 2.05. The summed E-state index contributed by atoms with van der Waals surface area (Å²) in [5.41, 5.74) is -0.187. The largest absolute Gasteiger partial charge is 0.420 e. The molecule has 0 radical (unpaired) electrons. The van der Waals surface area contributed by atoms with Crippen molar-refractivity contribution in [1.82, 2.24) is 14.1 Å². The maximum atomic E-state index is 12.1. The van der Waals surface area contributed by atoms with Crippen LogP contribution in [0.4, 0.5) is 0 Å². The fraction of sp³-hybridized carbons (Fsp3) is 0.0667. The summed E-state index contributed by atoms with van der Waals surface area (Å²) in [5, 5.41) is 9.60. The second-order valence-corrected chi connectivity index (χ2v) is 4.57. The summed E-state index contributed by atoms with van der Waals surface area (Å²) in [7, 11) is 0. The van der Waals surface area contributed by atoms with Crippen molar-refractivity contribution in [1.29, 1.82) is 0 Å². The molecule has 21 heavy (non-hydrogen) atoms. The second-order valence-electron chi connectivity index (χ2n) is 4.57. The molecule has 0 amide bonds.